The third kappa shape index (κ3) is 2.78. The summed E-state index contributed by atoms with van der Waals surface area (Å²) in [5.74, 6) is -0.342. The lowest BCUT2D eigenvalue weighted by molar-refractivity contribution is -0.115. The van der Waals surface area contributed by atoms with Crippen LogP contribution < -0.4 is 10.2 Å². The number of nitrogens with zero attached hydrogens (tertiary/aromatic N) is 2. The van der Waals surface area contributed by atoms with Gasteiger partial charge in [-0.25, -0.2) is 0 Å². The fourth-order valence-corrected chi connectivity index (χ4v) is 2.88. The molecule has 1 saturated heterocycles. The van der Waals surface area contributed by atoms with Crippen molar-refractivity contribution < 1.29 is 9.59 Å². The Labute approximate surface area is 132 Å². The number of carbonyl (C=O) groups is 2. The summed E-state index contributed by atoms with van der Waals surface area (Å²) < 4.78 is 1.98. The van der Waals surface area contributed by atoms with Crippen LogP contribution >= 0.6 is 11.8 Å². The van der Waals surface area contributed by atoms with Crippen LogP contribution in [0.4, 0.5) is 10.5 Å². The van der Waals surface area contributed by atoms with E-state index in [9.17, 15) is 9.59 Å². The second-order valence-corrected chi connectivity index (χ2v) is 6.08. The van der Waals surface area contributed by atoms with Crippen LogP contribution in [0.25, 0.3) is 11.8 Å². The van der Waals surface area contributed by atoms with Crippen LogP contribution in [0.5, 0.6) is 0 Å². The molecule has 2 amide bonds. The minimum Gasteiger partial charge on any atom is -0.378 e. The lowest BCUT2D eigenvalue weighted by Crippen LogP contribution is -2.17. The van der Waals surface area contributed by atoms with Crippen LogP contribution in [-0.2, 0) is 4.79 Å². The molecule has 2 aromatic rings. The maximum absolute atomic E-state index is 11.6. The Bertz CT molecular complexity index is 760. The summed E-state index contributed by atoms with van der Waals surface area (Å²) >= 11 is 0.924. The number of imide groups is 1. The number of anilines is 1. The number of benzene rings is 1. The predicted octanol–water partition coefficient (Wildman–Crippen LogP) is 2.87. The van der Waals surface area contributed by atoms with Gasteiger partial charge in [0.1, 0.15) is 0 Å². The number of rotatable bonds is 3. The average molecular weight is 313 g/mol. The van der Waals surface area contributed by atoms with E-state index >= 15 is 0 Å². The quantitative estimate of drug-likeness (QED) is 0.885. The van der Waals surface area contributed by atoms with E-state index in [0.29, 0.717) is 4.91 Å². The molecule has 1 aromatic carbocycles. The van der Waals surface area contributed by atoms with Crippen LogP contribution in [0, 0.1) is 0 Å². The molecule has 1 aromatic heterocycles. The molecule has 1 fully saturated rings. The van der Waals surface area contributed by atoms with Crippen molar-refractivity contribution in [1.29, 1.82) is 0 Å². The molecule has 0 atom stereocenters. The summed E-state index contributed by atoms with van der Waals surface area (Å²) in [4.78, 5) is 25.3. The van der Waals surface area contributed by atoms with Gasteiger partial charge in [-0.2, -0.15) is 0 Å². The number of amides is 2. The molecular formula is C16H15N3O2S. The van der Waals surface area contributed by atoms with Crippen molar-refractivity contribution in [3.05, 3.63) is 53.2 Å². The molecular weight excluding hydrogens is 298 g/mol. The maximum atomic E-state index is 11.6. The molecule has 1 aliphatic rings. The van der Waals surface area contributed by atoms with Crippen LogP contribution in [0.1, 0.15) is 5.69 Å². The fourth-order valence-electron chi connectivity index (χ4n) is 2.21. The van der Waals surface area contributed by atoms with E-state index in [1.54, 1.807) is 6.08 Å². The number of aromatic nitrogens is 1. The van der Waals surface area contributed by atoms with E-state index in [4.69, 9.17) is 0 Å². The Kier molecular flexibility index (Phi) is 3.77. The van der Waals surface area contributed by atoms with E-state index in [1.165, 1.54) is 0 Å². The summed E-state index contributed by atoms with van der Waals surface area (Å²) in [5.41, 5.74) is 2.97. The van der Waals surface area contributed by atoms with E-state index in [2.05, 4.69) is 5.32 Å². The molecule has 0 saturated carbocycles. The molecule has 1 N–H and O–H groups in total. The van der Waals surface area contributed by atoms with Crippen LogP contribution in [0.15, 0.2) is 47.5 Å². The topological polar surface area (TPSA) is 54.3 Å². The zero-order valence-electron chi connectivity index (χ0n) is 12.2. The molecule has 3 rings (SSSR count). The van der Waals surface area contributed by atoms with Gasteiger partial charge in [-0.3, -0.25) is 14.9 Å². The van der Waals surface area contributed by atoms with Gasteiger partial charge in [0.25, 0.3) is 11.1 Å². The molecule has 0 aliphatic carbocycles. The van der Waals surface area contributed by atoms with Crippen molar-refractivity contribution >= 4 is 34.7 Å². The van der Waals surface area contributed by atoms with Crippen LogP contribution in [-0.4, -0.2) is 29.8 Å². The van der Waals surface area contributed by atoms with Gasteiger partial charge in [-0.1, -0.05) is 0 Å². The average Bonchev–Trinajstić information content (AvgIpc) is 3.06. The molecule has 0 bridgehead atoms. The van der Waals surface area contributed by atoms with Gasteiger partial charge < -0.3 is 9.47 Å². The highest BCUT2D eigenvalue weighted by molar-refractivity contribution is 8.18. The summed E-state index contributed by atoms with van der Waals surface area (Å²) in [6, 6.07) is 11.9. The SMILES string of the molecule is CN(C)c1ccc(-n2cccc2/C=C2/SC(=O)NC2=O)cc1. The lowest BCUT2D eigenvalue weighted by Gasteiger charge is -2.13. The highest BCUT2D eigenvalue weighted by Crippen LogP contribution is 2.27. The predicted molar refractivity (Wildman–Crippen MR) is 89.2 cm³/mol. The van der Waals surface area contributed by atoms with Crippen molar-refractivity contribution in [2.75, 3.05) is 19.0 Å². The Morgan fingerprint density at radius 3 is 2.45 bits per heavy atom. The third-order valence-corrected chi connectivity index (χ3v) is 4.16. The summed E-state index contributed by atoms with van der Waals surface area (Å²) in [7, 11) is 3.99. The van der Waals surface area contributed by atoms with Gasteiger partial charge in [-0.15, -0.1) is 0 Å². The third-order valence-electron chi connectivity index (χ3n) is 3.35. The summed E-state index contributed by atoms with van der Waals surface area (Å²) in [5, 5.41) is 1.93. The molecule has 1 aliphatic heterocycles. The Morgan fingerprint density at radius 1 is 1.14 bits per heavy atom. The fraction of sp³-hybridized carbons (Fsp3) is 0.125. The number of nitrogens with one attached hydrogen (secondary N) is 1. The molecule has 5 nitrogen and oxygen atoms in total. The summed E-state index contributed by atoms with van der Waals surface area (Å²) in [6.07, 6.45) is 3.65. The monoisotopic (exact) mass is 313 g/mol. The minimum absolute atomic E-state index is 0.329. The van der Waals surface area contributed by atoms with Crippen molar-refractivity contribution in [2.45, 2.75) is 0 Å². The first-order chi connectivity index (χ1) is 10.5. The van der Waals surface area contributed by atoms with E-state index in [0.717, 1.165) is 28.8 Å². The number of carbonyl (C=O) groups excluding carboxylic acids is 2. The number of thioether (sulfide) groups is 1. The molecule has 0 radical (unpaired) electrons. The Morgan fingerprint density at radius 2 is 1.86 bits per heavy atom. The van der Waals surface area contributed by atoms with Gasteiger partial charge in [0, 0.05) is 37.4 Å². The highest BCUT2D eigenvalue weighted by atomic mass is 32.2. The Hall–Kier alpha value is -2.47. The van der Waals surface area contributed by atoms with Crippen molar-refractivity contribution in [1.82, 2.24) is 9.88 Å². The minimum atomic E-state index is -0.342. The molecule has 112 valence electrons. The number of hydrogen-bond donors (Lipinski definition) is 1. The second-order valence-electron chi connectivity index (χ2n) is 5.07. The van der Waals surface area contributed by atoms with Gasteiger partial charge in [0.2, 0.25) is 0 Å². The summed E-state index contributed by atoms with van der Waals surface area (Å²) in [6.45, 7) is 0. The normalized spacial score (nSPS) is 16.2. The Balaban J connectivity index is 1.94. The number of hydrogen-bond acceptors (Lipinski definition) is 4. The van der Waals surface area contributed by atoms with Crippen LogP contribution in [0.3, 0.4) is 0 Å². The smallest absolute Gasteiger partial charge is 0.290 e. The zero-order chi connectivity index (χ0) is 15.7. The molecule has 0 spiro atoms. The molecule has 0 unspecified atom stereocenters. The van der Waals surface area contributed by atoms with Crippen molar-refractivity contribution in [2.24, 2.45) is 0 Å². The van der Waals surface area contributed by atoms with Gasteiger partial charge in [-0.05, 0) is 54.2 Å². The van der Waals surface area contributed by atoms with E-state index in [-0.39, 0.29) is 11.1 Å². The molecule has 22 heavy (non-hydrogen) atoms. The van der Waals surface area contributed by atoms with Gasteiger partial charge in [0.05, 0.1) is 4.91 Å². The van der Waals surface area contributed by atoms with Crippen molar-refractivity contribution in [3.63, 3.8) is 0 Å². The standard InChI is InChI=1S/C16H15N3O2S/c1-18(2)11-5-7-12(8-6-11)19-9-3-4-13(19)10-14-15(20)17-16(21)22-14/h3-10H,1-2H3,(H,17,20,21)/b14-10+. The maximum Gasteiger partial charge on any atom is 0.290 e. The first-order valence-corrected chi connectivity index (χ1v) is 7.56. The van der Waals surface area contributed by atoms with E-state index < -0.39 is 0 Å². The van der Waals surface area contributed by atoms with Crippen LogP contribution in [0.2, 0.25) is 0 Å². The lowest BCUT2D eigenvalue weighted by atomic mass is 10.2. The van der Waals surface area contributed by atoms with Gasteiger partial charge >= 0.3 is 0 Å². The zero-order valence-corrected chi connectivity index (χ0v) is 13.1. The molecule has 2 heterocycles. The first-order valence-electron chi connectivity index (χ1n) is 6.74. The largest absolute Gasteiger partial charge is 0.378 e. The second kappa shape index (κ2) is 5.73. The van der Waals surface area contributed by atoms with Crippen molar-refractivity contribution in [3.8, 4) is 5.69 Å². The first kappa shape index (κ1) is 14.5. The highest BCUT2D eigenvalue weighted by Gasteiger charge is 2.25. The van der Waals surface area contributed by atoms with E-state index in [1.807, 2.05) is 66.2 Å². The molecule has 6 heteroatoms. The van der Waals surface area contributed by atoms with Gasteiger partial charge in [0.15, 0.2) is 0 Å².